The van der Waals surface area contributed by atoms with Gasteiger partial charge in [0, 0.05) is 23.5 Å². The van der Waals surface area contributed by atoms with E-state index in [9.17, 15) is 9.59 Å². The zero-order chi connectivity index (χ0) is 17.8. The van der Waals surface area contributed by atoms with Crippen LogP contribution >= 0.6 is 0 Å². The first-order chi connectivity index (χ1) is 11.9. The van der Waals surface area contributed by atoms with E-state index in [1.54, 1.807) is 0 Å². The standard InChI is InChI=1S/C20H24O5/c1-11-8-14-10-13(19(22)23-14)4-5-17-20(3,25-17)7-6-15-12(2)18(21)24-16(15)9-11/h9-10,14-17H,2,4-8H2,1,3H3/b11-9+/t14?,15-,16+,17?,20?/m1/s1. The van der Waals surface area contributed by atoms with Crippen molar-refractivity contribution in [1.82, 2.24) is 0 Å². The second-order valence-electron chi connectivity index (χ2n) is 7.85. The Morgan fingerprint density at radius 1 is 1.16 bits per heavy atom. The summed E-state index contributed by atoms with van der Waals surface area (Å²) in [5.41, 5.74) is 2.18. The van der Waals surface area contributed by atoms with Crippen molar-refractivity contribution in [2.24, 2.45) is 5.92 Å². The van der Waals surface area contributed by atoms with Crippen molar-refractivity contribution >= 4 is 11.9 Å². The van der Waals surface area contributed by atoms with Crippen LogP contribution in [-0.4, -0.2) is 35.9 Å². The molecule has 3 unspecified atom stereocenters. The Labute approximate surface area is 147 Å². The van der Waals surface area contributed by atoms with Gasteiger partial charge in [-0.2, -0.15) is 0 Å². The van der Waals surface area contributed by atoms with Crippen LogP contribution in [0, 0.1) is 5.92 Å². The number of hydrogen-bond donors (Lipinski definition) is 0. The van der Waals surface area contributed by atoms with Crippen molar-refractivity contribution in [2.45, 2.75) is 69.9 Å². The molecule has 0 aromatic heterocycles. The lowest BCUT2D eigenvalue weighted by Gasteiger charge is -2.17. The zero-order valence-electron chi connectivity index (χ0n) is 14.7. The lowest BCUT2D eigenvalue weighted by atomic mass is 9.86. The summed E-state index contributed by atoms with van der Waals surface area (Å²) in [6, 6.07) is 0. The maximum atomic E-state index is 12.0. The average Bonchev–Trinajstić information content (AvgIpc) is 2.93. The third-order valence-corrected chi connectivity index (χ3v) is 5.89. The first kappa shape index (κ1) is 16.6. The molecular weight excluding hydrogens is 320 g/mol. The molecule has 1 aliphatic carbocycles. The van der Waals surface area contributed by atoms with Crippen LogP contribution in [0.5, 0.6) is 0 Å². The van der Waals surface area contributed by atoms with Crippen LogP contribution in [-0.2, 0) is 23.8 Å². The molecule has 2 saturated heterocycles. The van der Waals surface area contributed by atoms with Crippen LogP contribution in [0.3, 0.4) is 0 Å². The molecule has 0 saturated carbocycles. The predicted molar refractivity (Wildman–Crippen MR) is 90.6 cm³/mol. The molecule has 5 nitrogen and oxygen atoms in total. The summed E-state index contributed by atoms with van der Waals surface area (Å²) in [5.74, 6) is -0.533. The average molecular weight is 344 g/mol. The predicted octanol–water partition coefficient (Wildman–Crippen LogP) is 3.00. The highest BCUT2D eigenvalue weighted by atomic mass is 16.6. The van der Waals surface area contributed by atoms with E-state index >= 15 is 0 Å². The van der Waals surface area contributed by atoms with E-state index in [0.29, 0.717) is 18.4 Å². The second-order valence-corrected chi connectivity index (χ2v) is 7.85. The molecule has 5 heteroatoms. The van der Waals surface area contributed by atoms with Gasteiger partial charge in [-0.3, -0.25) is 0 Å². The van der Waals surface area contributed by atoms with Crippen molar-refractivity contribution in [3.63, 3.8) is 0 Å². The Bertz CT molecular complexity index is 703. The molecule has 134 valence electrons. The molecule has 0 aromatic rings. The van der Waals surface area contributed by atoms with Crippen LogP contribution < -0.4 is 0 Å². The molecule has 4 aliphatic rings. The highest BCUT2D eigenvalue weighted by Crippen LogP contribution is 2.46. The van der Waals surface area contributed by atoms with Gasteiger partial charge in [0.05, 0.1) is 11.7 Å². The third-order valence-electron chi connectivity index (χ3n) is 5.89. The molecule has 2 bridgehead atoms. The molecule has 0 radical (unpaired) electrons. The lowest BCUT2D eigenvalue weighted by molar-refractivity contribution is -0.139. The van der Waals surface area contributed by atoms with Crippen molar-refractivity contribution in [3.05, 3.63) is 35.5 Å². The Morgan fingerprint density at radius 2 is 1.96 bits per heavy atom. The summed E-state index contributed by atoms with van der Waals surface area (Å²) in [7, 11) is 0. The van der Waals surface area contributed by atoms with Crippen molar-refractivity contribution in [3.8, 4) is 0 Å². The highest BCUT2D eigenvalue weighted by molar-refractivity contribution is 5.91. The molecule has 0 N–H and O–H groups in total. The third kappa shape index (κ3) is 3.06. The van der Waals surface area contributed by atoms with E-state index in [-0.39, 0.29) is 41.8 Å². The van der Waals surface area contributed by atoms with Crippen LogP contribution in [0.25, 0.3) is 0 Å². The maximum Gasteiger partial charge on any atom is 0.334 e. The van der Waals surface area contributed by atoms with Crippen molar-refractivity contribution in [1.29, 1.82) is 0 Å². The number of rotatable bonds is 0. The number of fused-ring (bicyclic) bond motifs is 3. The normalized spacial score (nSPS) is 43.0. The van der Waals surface area contributed by atoms with E-state index in [1.807, 2.05) is 19.1 Å². The summed E-state index contributed by atoms with van der Waals surface area (Å²) < 4.78 is 16.9. The largest absolute Gasteiger partial charge is 0.454 e. The minimum absolute atomic E-state index is 0.00991. The van der Waals surface area contributed by atoms with Crippen molar-refractivity contribution < 1.29 is 23.8 Å². The molecule has 2 fully saturated rings. The summed E-state index contributed by atoms with van der Waals surface area (Å²) in [6.45, 7) is 8.02. The van der Waals surface area contributed by atoms with E-state index in [1.165, 1.54) is 0 Å². The SMILES string of the molecule is C=C1C(=O)O[C@H]2/C=C(\C)CC3C=C(CCC4OC4(C)CC[C@H]12)C(=O)O3. The molecule has 3 heterocycles. The lowest BCUT2D eigenvalue weighted by Crippen LogP contribution is -2.19. The molecule has 0 spiro atoms. The van der Waals surface area contributed by atoms with Gasteiger partial charge in [0.2, 0.25) is 0 Å². The molecule has 0 aromatic carbocycles. The van der Waals surface area contributed by atoms with Gasteiger partial charge in [-0.05, 0) is 51.7 Å². The van der Waals surface area contributed by atoms with Crippen LogP contribution in [0.2, 0.25) is 0 Å². The van der Waals surface area contributed by atoms with Crippen LogP contribution in [0.15, 0.2) is 35.5 Å². The summed E-state index contributed by atoms with van der Waals surface area (Å²) in [5, 5.41) is 0. The zero-order valence-corrected chi connectivity index (χ0v) is 14.7. The van der Waals surface area contributed by atoms with E-state index in [2.05, 4.69) is 13.5 Å². The number of carbonyl (C=O) groups excluding carboxylic acids is 2. The monoisotopic (exact) mass is 344 g/mol. The summed E-state index contributed by atoms with van der Waals surface area (Å²) >= 11 is 0. The number of hydrogen-bond acceptors (Lipinski definition) is 5. The first-order valence-electron chi connectivity index (χ1n) is 9.02. The topological polar surface area (TPSA) is 65.1 Å². The molecular formula is C20H24O5. The Kier molecular flexibility index (Phi) is 3.87. The smallest absolute Gasteiger partial charge is 0.334 e. The van der Waals surface area contributed by atoms with E-state index < -0.39 is 0 Å². The number of ether oxygens (including phenoxy) is 3. The van der Waals surface area contributed by atoms with E-state index in [4.69, 9.17) is 14.2 Å². The van der Waals surface area contributed by atoms with Crippen LogP contribution in [0.4, 0.5) is 0 Å². The number of epoxide rings is 1. The summed E-state index contributed by atoms with van der Waals surface area (Å²) in [4.78, 5) is 24.0. The number of carbonyl (C=O) groups is 2. The van der Waals surface area contributed by atoms with Gasteiger partial charge in [-0.15, -0.1) is 0 Å². The summed E-state index contributed by atoms with van der Waals surface area (Å²) in [6.07, 6.45) is 7.37. The fraction of sp³-hybridized carbons (Fsp3) is 0.600. The Balaban J connectivity index is 1.60. The Hall–Kier alpha value is -1.88. The molecule has 0 amide bonds. The van der Waals surface area contributed by atoms with Gasteiger partial charge < -0.3 is 14.2 Å². The quantitative estimate of drug-likeness (QED) is 0.292. The molecule has 4 rings (SSSR count). The van der Waals surface area contributed by atoms with Gasteiger partial charge in [-0.25, -0.2) is 9.59 Å². The second kappa shape index (κ2) is 5.84. The maximum absolute atomic E-state index is 12.0. The fourth-order valence-electron chi connectivity index (χ4n) is 4.21. The fourth-order valence-corrected chi connectivity index (χ4v) is 4.21. The molecule has 5 atom stereocenters. The highest BCUT2D eigenvalue weighted by Gasteiger charge is 2.52. The first-order valence-corrected chi connectivity index (χ1v) is 9.02. The number of esters is 2. The van der Waals surface area contributed by atoms with Gasteiger partial charge in [0.1, 0.15) is 12.2 Å². The van der Waals surface area contributed by atoms with Gasteiger partial charge in [0.25, 0.3) is 0 Å². The van der Waals surface area contributed by atoms with Gasteiger partial charge in [0.15, 0.2) is 0 Å². The van der Waals surface area contributed by atoms with Gasteiger partial charge >= 0.3 is 11.9 Å². The Morgan fingerprint density at radius 3 is 2.76 bits per heavy atom. The van der Waals surface area contributed by atoms with Crippen molar-refractivity contribution in [2.75, 3.05) is 0 Å². The van der Waals surface area contributed by atoms with Crippen LogP contribution in [0.1, 0.15) is 46.0 Å². The minimum atomic E-state index is -0.309. The molecule has 3 aliphatic heterocycles. The molecule has 25 heavy (non-hydrogen) atoms. The van der Waals surface area contributed by atoms with E-state index in [0.717, 1.165) is 30.4 Å². The minimum Gasteiger partial charge on any atom is -0.454 e. The van der Waals surface area contributed by atoms with Gasteiger partial charge in [-0.1, -0.05) is 12.2 Å².